The first-order valence-electron chi connectivity index (χ1n) is 11.0. The molecule has 0 spiro atoms. The van der Waals surface area contributed by atoms with E-state index in [9.17, 15) is 4.79 Å². The number of aliphatic hydroxyl groups is 1. The maximum atomic E-state index is 13.9. The molecule has 0 radical (unpaired) electrons. The van der Waals surface area contributed by atoms with E-state index in [-0.39, 0.29) is 19.0 Å². The van der Waals surface area contributed by atoms with Gasteiger partial charge in [0.05, 0.1) is 25.5 Å². The number of aliphatic hydroxyl groups excluding tert-OH is 1. The van der Waals surface area contributed by atoms with Crippen molar-refractivity contribution in [2.24, 2.45) is 0 Å². The standard InChI is InChI=1S/C28H27NO5/c1-19-8-10-21(11-9-19)27(29-22-14-23(32-2)16-24(15-22)34-13-12-30)28(31)26-18-33-17-25(26)20-6-4-3-5-7-20/h3-11,14-18,27,29-30H,12-13H2,1-2H3. The molecular formula is C28H27NO5. The molecule has 4 aromatic rings. The van der Waals surface area contributed by atoms with Gasteiger partial charge in [0.25, 0.3) is 0 Å². The molecule has 174 valence electrons. The van der Waals surface area contributed by atoms with Crippen LogP contribution < -0.4 is 14.8 Å². The zero-order chi connectivity index (χ0) is 23.9. The summed E-state index contributed by atoms with van der Waals surface area (Å²) in [5, 5.41) is 12.5. The van der Waals surface area contributed by atoms with E-state index in [2.05, 4.69) is 5.32 Å². The van der Waals surface area contributed by atoms with Crippen LogP contribution in [0.2, 0.25) is 0 Å². The summed E-state index contributed by atoms with van der Waals surface area (Å²) in [6, 6.07) is 22.1. The maximum Gasteiger partial charge on any atom is 0.193 e. The molecule has 0 saturated carbocycles. The Morgan fingerprint density at radius 1 is 1.00 bits per heavy atom. The number of carbonyl (C=O) groups is 1. The van der Waals surface area contributed by atoms with Crippen LogP contribution in [0.5, 0.6) is 11.5 Å². The number of Topliss-reactive ketones (excluding diaryl/α,β-unsaturated/α-hetero) is 1. The Bertz CT molecular complexity index is 1230. The number of hydrogen-bond donors (Lipinski definition) is 2. The molecule has 1 unspecified atom stereocenters. The second-order valence-electron chi connectivity index (χ2n) is 7.89. The molecule has 6 heteroatoms. The van der Waals surface area contributed by atoms with Gasteiger partial charge >= 0.3 is 0 Å². The molecule has 0 bridgehead atoms. The first-order valence-corrected chi connectivity index (χ1v) is 11.0. The number of benzene rings is 3. The van der Waals surface area contributed by atoms with Gasteiger partial charge in [-0.1, -0.05) is 60.2 Å². The molecule has 6 nitrogen and oxygen atoms in total. The van der Waals surface area contributed by atoms with Gasteiger partial charge < -0.3 is 24.3 Å². The molecule has 34 heavy (non-hydrogen) atoms. The van der Waals surface area contributed by atoms with E-state index in [1.807, 2.05) is 61.5 Å². The number of furan rings is 1. The number of rotatable bonds is 10. The molecule has 2 N–H and O–H groups in total. The monoisotopic (exact) mass is 457 g/mol. The second kappa shape index (κ2) is 10.7. The number of anilines is 1. The first kappa shape index (κ1) is 23.1. The lowest BCUT2D eigenvalue weighted by molar-refractivity contribution is 0.0969. The van der Waals surface area contributed by atoms with Crippen molar-refractivity contribution in [3.8, 4) is 22.6 Å². The van der Waals surface area contributed by atoms with Crippen LogP contribution in [0, 0.1) is 6.92 Å². The van der Waals surface area contributed by atoms with E-state index in [1.54, 1.807) is 31.6 Å². The van der Waals surface area contributed by atoms with Crippen molar-refractivity contribution in [2.45, 2.75) is 13.0 Å². The van der Waals surface area contributed by atoms with Crippen LogP contribution in [0.15, 0.2) is 89.7 Å². The summed E-state index contributed by atoms with van der Waals surface area (Å²) in [7, 11) is 1.56. The number of ketones is 1. The number of ether oxygens (including phenoxy) is 2. The highest BCUT2D eigenvalue weighted by molar-refractivity contribution is 6.06. The molecule has 0 fully saturated rings. The highest BCUT2D eigenvalue weighted by atomic mass is 16.5. The lowest BCUT2D eigenvalue weighted by Gasteiger charge is -2.21. The Morgan fingerprint density at radius 2 is 1.74 bits per heavy atom. The Balaban J connectivity index is 1.73. The molecule has 0 aliphatic carbocycles. The van der Waals surface area contributed by atoms with E-state index in [0.717, 1.165) is 22.3 Å². The van der Waals surface area contributed by atoms with E-state index in [0.29, 0.717) is 22.7 Å². The van der Waals surface area contributed by atoms with Gasteiger partial charge in [-0.25, -0.2) is 0 Å². The van der Waals surface area contributed by atoms with Crippen molar-refractivity contribution in [3.05, 3.63) is 102 Å². The number of carbonyl (C=O) groups excluding carboxylic acids is 1. The SMILES string of the molecule is COc1cc(NC(C(=O)c2cocc2-c2ccccc2)c2ccc(C)cc2)cc(OCCO)c1. The van der Waals surface area contributed by atoms with E-state index in [4.69, 9.17) is 19.0 Å². The Hall–Kier alpha value is -4.03. The second-order valence-corrected chi connectivity index (χ2v) is 7.89. The smallest absolute Gasteiger partial charge is 0.193 e. The van der Waals surface area contributed by atoms with E-state index >= 15 is 0 Å². The predicted molar refractivity (Wildman–Crippen MR) is 132 cm³/mol. The third-order valence-corrected chi connectivity index (χ3v) is 5.47. The number of aryl methyl sites for hydroxylation is 1. The number of hydrogen-bond acceptors (Lipinski definition) is 6. The Kier molecular flexibility index (Phi) is 7.30. The predicted octanol–water partition coefficient (Wildman–Crippen LogP) is 5.67. The number of methoxy groups -OCH3 is 1. The lowest BCUT2D eigenvalue weighted by atomic mass is 9.93. The van der Waals surface area contributed by atoms with Gasteiger partial charge in [0.15, 0.2) is 5.78 Å². The van der Waals surface area contributed by atoms with Gasteiger partial charge in [-0.15, -0.1) is 0 Å². The zero-order valence-electron chi connectivity index (χ0n) is 19.2. The normalized spacial score (nSPS) is 11.6. The zero-order valence-corrected chi connectivity index (χ0v) is 19.2. The van der Waals surface area contributed by atoms with Crippen molar-refractivity contribution >= 4 is 11.5 Å². The summed E-state index contributed by atoms with van der Waals surface area (Å²) in [5.41, 5.74) is 4.70. The largest absolute Gasteiger partial charge is 0.497 e. The molecule has 1 aromatic heterocycles. The Labute approximate surface area is 198 Å². The van der Waals surface area contributed by atoms with Crippen LogP contribution in [0.25, 0.3) is 11.1 Å². The van der Waals surface area contributed by atoms with Gasteiger partial charge in [0, 0.05) is 29.4 Å². The van der Waals surface area contributed by atoms with Crippen molar-refractivity contribution in [2.75, 3.05) is 25.6 Å². The third kappa shape index (κ3) is 5.30. The molecule has 3 aromatic carbocycles. The highest BCUT2D eigenvalue weighted by Gasteiger charge is 2.26. The minimum atomic E-state index is -0.682. The highest BCUT2D eigenvalue weighted by Crippen LogP contribution is 2.33. The lowest BCUT2D eigenvalue weighted by Crippen LogP contribution is -2.21. The molecule has 0 saturated heterocycles. The van der Waals surface area contributed by atoms with Crippen molar-refractivity contribution in [1.29, 1.82) is 0 Å². The van der Waals surface area contributed by atoms with Gasteiger partial charge in [-0.2, -0.15) is 0 Å². The summed E-state index contributed by atoms with van der Waals surface area (Å²) in [6.07, 6.45) is 3.09. The topological polar surface area (TPSA) is 80.9 Å². The molecule has 0 aliphatic rings. The van der Waals surface area contributed by atoms with Gasteiger partial charge in [0.1, 0.15) is 30.4 Å². The van der Waals surface area contributed by atoms with Crippen LogP contribution in [0.1, 0.15) is 27.5 Å². The van der Waals surface area contributed by atoms with Crippen molar-refractivity contribution < 1.29 is 23.8 Å². The summed E-state index contributed by atoms with van der Waals surface area (Å²) in [5.74, 6) is 0.970. The third-order valence-electron chi connectivity index (χ3n) is 5.47. The Morgan fingerprint density at radius 3 is 2.44 bits per heavy atom. The van der Waals surface area contributed by atoms with Gasteiger partial charge in [-0.05, 0) is 18.1 Å². The summed E-state index contributed by atoms with van der Waals surface area (Å²) >= 11 is 0. The summed E-state index contributed by atoms with van der Waals surface area (Å²) in [4.78, 5) is 13.9. The molecule has 0 amide bonds. The molecule has 4 rings (SSSR count). The van der Waals surface area contributed by atoms with Gasteiger partial charge in [0.2, 0.25) is 0 Å². The van der Waals surface area contributed by atoms with E-state index in [1.165, 1.54) is 6.26 Å². The molecule has 1 heterocycles. The quantitative estimate of drug-likeness (QED) is 0.299. The van der Waals surface area contributed by atoms with Crippen LogP contribution in [-0.2, 0) is 0 Å². The molecule has 1 atom stereocenters. The van der Waals surface area contributed by atoms with Crippen LogP contribution >= 0.6 is 0 Å². The molecule has 0 aliphatic heterocycles. The van der Waals surface area contributed by atoms with E-state index < -0.39 is 6.04 Å². The molecular weight excluding hydrogens is 430 g/mol. The average molecular weight is 458 g/mol. The average Bonchev–Trinajstić information content (AvgIpc) is 3.37. The minimum absolute atomic E-state index is 0.104. The van der Waals surface area contributed by atoms with Crippen molar-refractivity contribution in [3.63, 3.8) is 0 Å². The maximum absolute atomic E-state index is 13.9. The van der Waals surface area contributed by atoms with Gasteiger partial charge in [-0.3, -0.25) is 4.79 Å². The van der Waals surface area contributed by atoms with Crippen molar-refractivity contribution in [1.82, 2.24) is 0 Å². The van der Waals surface area contributed by atoms with Crippen LogP contribution in [-0.4, -0.2) is 31.2 Å². The first-order chi connectivity index (χ1) is 16.6. The minimum Gasteiger partial charge on any atom is -0.497 e. The summed E-state index contributed by atoms with van der Waals surface area (Å²) in [6.45, 7) is 2.06. The number of nitrogens with one attached hydrogen (secondary N) is 1. The fourth-order valence-electron chi connectivity index (χ4n) is 3.73. The summed E-state index contributed by atoms with van der Waals surface area (Å²) < 4.78 is 16.5. The van der Waals surface area contributed by atoms with Crippen LogP contribution in [0.3, 0.4) is 0 Å². The fraction of sp³-hybridized carbons (Fsp3) is 0.179. The fourth-order valence-corrected chi connectivity index (χ4v) is 3.73. The van der Waals surface area contributed by atoms with Crippen LogP contribution in [0.4, 0.5) is 5.69 Å².